The molecule has 1 heterocycles. The van der Waals surface area contributed by atoms with Crippen LogP contribution in [0, 0.1) is 5.41 Å². The molecule has 6 heteroatoms. The predicted octanol–water partition coefficient (Wildman–Crippen LogP) is 2.40. The van der Waals surface area contributed by atoms with Crippen LogP contribution >= 0.6 is 24.0 Å². The molecule has 5 nitrogen and oxygen atoms in total. The Balaban J connectivity index is 0.00000288. The fourth-order valence-electron chi connectivity index (χ4n) is 2.79. The van der Waals surface area contributed by atoms with Crippen LogP contribution in [0.5, 0.6) is 0 Å². The molecule has 24 heavy (non-hydrogen) atoms. The van der Waals surface area contributed by atoms with Crippen molar-refractivity contribution in [1.82, 2.24) is 15.5 Å². The second-order valence-electron chi connectivity index (χ2n) is 6.57. The Morgan fingerprint density at radius 2 is 1.96 bits per heavy atom. The number of halogens is 1. The summed E-state index contributed by atoms with van der Waals surface area (Å²) in [7, 11) is 1.67. The van der Waals surface area contributed by atoms with Gasteiger partial charge in [-0.15, -0.1) is 24.0 Å². The van der Waals surface area contributed by atoms with Gasteiger partial charge in [0.2, 0.25) is 5.91 Å². The molecule has 0 saturated carbocycles. The third kappa shape index (κ3) is 5.09. The van der Waals surface area contributed by atoms with Crippen LogP contribution in [0.4, 0.5) is 0 Å². The number of guanidine groups is 1. The van der Waals surface area contributed by atoms with Gasteiger partial charge in [-0.1, -0.05) is 24.3 Å². The highest BCUT2D eigenvalue weighted by atomic mass is 127. The summed E-state index contributed by atoms with van der Waals surface area (Å²) in [4.78, 5) is 18.9. The maximum Gasteiger partial charge on any atom is 0.227 e. The number of nitrogens with zero attached hydrogens (tertiary/aromatic N) is 2. The summed E-state index contributed by atoms with van der Waals surface area (Å²) in [6.45, 7) is 9.00. The van der Waals surface area contributed by atoms with E-state index in [-0.39, 0.29) is 29.9 Å². The molecule has 1 aromatic carbocycles. The molecule has 134 valence electrons. The zero-order valence-corrected chi connectivity index (χ0v) is 17.4. The van der Waals surface area contributed by atoms with Crippen LogP contribution in [0.3, 0.4) is 0 Å². The van der Waals surface area contributed by atoms with E-state index in [1.807, 2.05) is 13.8 Å². The number of amides is 1. The molecule has 0 bridgehead atoms. The van der Waals surface area contributed by atoms with E-state index in [4.69, 9.17) is 4.99 Å². The van der Waals surface area contributed by atoms with Crippen molar-refractivity contribution in [2.75, 3.05) is 26.7 Å². The molecule has 2 rings (SSSR count). The Kier molecular flexibility index (Phi) is 7.99. The van der Waals surface area contributed by atoms with E-state index in [0.29, 0.717) is 6.54 Å². The van der Waals surface area contributed by atoms with Gasteiger partial charge in [0.15, 0.2) is 5.96 Å². The average Bonchev–Trinajstić information content (AvgIpc) is 2.57. The van der Waals surface area contributed by atoms with E-state index in [1.165, 1.54) is 11.1 Å². The SMILES string of the molecule is CCNC(=NCC(C)(C)C(=O)NC)N1CCc2ccccc2C1.I. The van der Waals surface area contributed by atoms with Crippen molar-refractivity contribution >= 4 is 35.8 Å². The van der Waals surface area contributed by atoms with Gasteiger partial charge in [-0.25, -0.2) is 0 Å². The minimum Gasteiger partial charge on any atom is -0.359 e. The molecule has 0 spiro atoms. The second-order valence-corrected chi connectivity index (χ2v) is 6.57. The molecule has 1 aliphatic heterocycles. The number of aliphatic imine (C=N–C) groups is 1. The molecule has 0 aliphatic carbocycles. The first-order chi connectivity index (χ1) is 11.0. The van der Waals surface area contributed by atoms with Gasteiger partial charge in [0.05, 0.1) is 12.0 Å². The van der Waals surface area contributed by atoms with Gasteiger partial charge < -0.3 is 15.5 Å². The van der Waals surface area contributed by atoms with Crippen LogP contribution in [0.15, 0.2) is 29.3 Å². The minimum absolute atomic E-state index is 0. The monoisotopic (exact) mass is 444 g/mol. The lowest BCUT2D eigenvalue weighted by atomic mass is 9.93. The predicted molar refractivity (Wildman–Crippen MR) is 110 cm³/mol. The van der Waals surface area contributed by atoms with E-state index in [0.717, 1.165) is 32.0 Å². The summed E-state index contributed by atoms with van der Waals surface area (Å²) in [6.07, 6.45) is 1.03. The molecule has 1 aliphatic rings. The Morgan fingerprint density at radius 3 is 2.58 bits per heavy atom. The van der Waals surface area contributed by atoms with Crippen LogP contribution in [0.2, 0.25) is 0 Å². The molecular formula is C18H29IN4O. The molecule has 1 aromatic rings. The van der Waals surface area contributed by atoms with Crippen molar-refractivity contribution in [3.63, 3.8) is 0 Å². The molecular weight excluding hydrogens is 415 g/mol. The summed E-state index contributed by atoms with van der Waals surface area (Å²) >= 11 is 0. The Morgan fingerprint density at radius 1 is 1.29 bits per heavy atom. The molecule has 0 atom stereocenters. The highest BCUT2D eigenvalue weighted by Gasteiger charge is 2.27. The zero-order valence-electron chi connectivity index (χ0n) is 15.1. The summed E-state index contributed by atoms with van der Waals surface area (Å²) in [5.41, 5.74) is 2.27. The number of fused-ring (bicyclic) bond motifs is 1. The number of hydrogen-bond acceptors (Lipinski definition) is 2. The fourth-order valence-corrected chi connectivity index (χ4v) is 2.79. The Bertz CT molecular complexity index is 586. The third-order valence-electron chi connectivity index (χ3n) is 4.23. The van der Waals surface area contributed by atoms with E-state index >= 15 is 0 Å². The van der Waals surface area contributed by atoms with Crippen molar-refractivity contribution in [1.29, 1.82) is 0 Å². The number of hydrogen-bond donors (Lipinski definition) is 2. The van der Waals surface area contributed by atoms with E-state index in [2.05, 4.69) is 46.7 Å². The minimum atomic E-state index is -0.511. The molecule has 0 unspecified atom stereocenters. The van der Waals surface area contributed by atoms with Crippen LogP contribution in [-0.4, -0.2) is 43.4 Å². The number of carbonyl (C=O) groups is 1. The number of carbonyl (C=O) groups excluding carboxylic acids is 1. The summed E-state index contributed by atoms with van der Waals surface area (Å²) < 4.78 is 0. The lowest BCUT2D eigenvalue weighted by molar-refractivity contribution is -0.128. The van der Waals surface area contributed by atoms with Crippen molar-refractivity contribution < 1.29 is 4.79 Å². The lowest BCUT2D eigenvalue weighted by Gasteiger charge is -2.32. The highest BCUT2D eigenvalue weighted by molar-refractivity contribution is 14.0. The Hall–Kier alpha value is -1.31. The van der Waals surface area contributed by atoms with Crippen LogP contribution in [0.1, 0.15) is 31.9 Å². The molecule has 2 N–H and O–H groups in total. The van der Waals surface area contributed by atoms with Gasteiger partial charge in [0.25, 0.3) is 0 Å². The maximum absolute atomic E-state index is 11.9. The smallest absolute Gasteiger partial charge is 0.227 e. The Labute approximate surface area is 162 Å². The van der Waals surface area contributed by atoms with Gasteiger partial charge in [-0.2, -0.15) is 0 Å². The summed E-state index contributed by atoms with van der Waals surface area (Å²) in [5, 5.41) is 6.07. The second kappa shape index (κ2) is 9.25. The van der Waals surface area contributed by atoms with E-state index < -0.39 is 5.41 Å². The normalized spacial score (nSPS) is 14.5. The topological polar surface area (TPSA) is 56.7 Å². The van der Waals surface area contributed by atoms with E-state index in [1.54, 1.807) is 7.05 Å². The van der Waals surface area contributed by atoms with E-state index in [9.17, 15) is 4.79 Å². The van der Waals surface area contributed by atoms with Crippen LogP contribution in [0.25, 0.3) is 0 Å². The number of rotatable bonds is 4. The van der Waals surface area contributed by atoms with Crippen LogP contribution in [-0.2, 0) is 17.8 Å². The highest BCUT2D eigenvalue weighted by Crippen LogP contribution is 2.20. The average molecular weight is 444 g/mol. The largest absolute Gasteiger partial charge is 0.359 e. The van der Waals surface area contributed by atoms with Gasteiger partial charge in [-0.05, 0) is 38.3 Å². The first-order valence-electron chi connectivity index (χ1n) is 8.30. The maximum atomic E-state index is 11.9. The lowest BCUT2D eigenvalue weighted by Crippen LogP contribution is -2.45. The summed E-state index contributed by atoms with van der Waals surface area (Å²) in [5.74, 6) is 0.903. The van der Waals surface area contributed by atoms with Crippen molar-refractivity contribution in [2.45, 2.75) is 33.7 Å². The van der Waals surface area contributed by atoms with Gasteiger partial charge >= 0.3 is 0 Å². The molecule has 1 amide bonds. The summed E-state index contributed by atoms with van der Waals surface area (Å²) in [6, 6.07) is 8.56. The molecule has 0 aromatic heterocycles. The molecule has 0 radical (unpaired) electrons. The first-order valence-corrected chi connectivity index (χ1v) is 8.30. The van der Waals surface area contributed by atoms with Gasteiger partial charge in [-0.3, -0.25) is 9.79 Å². The van der Waals surface area contributed by atoms with Crippen molar-refractivity contribution in [3.05, 3.63) is 35.4 Å². The number of nitrogens with one attached hydrogen (secondary N) is 2. The van der Waals surface area contributed by atoms with Gasteiger partial charge in [0.1, 0.15) is 0 Å². The standard InChI is InChI=1S/C18H28N4O.HI/c1-5-20-17(21-13-18(2,3)16(23)19-4)22-11-10-14-8-6-7-9-15(14)12-22;/h6-9H,5,10-13H2,1-4H3,(H,19,23)(H,20,21);1H. The third-order valence-corrected chi connectivity index (χ3v) is 4.23. The first kappa shape index (κ1) is 20.7. The quantitative estimate of drug-likeness (QED) is 0.426. The molecule has 0 fully saturated rings. The van der Waals surface area contributed by atoms with Crippen molar-refractivity contribution in [3.8, 4) is 0 Å². The number of benzene rings is 1. The zero-order chi connectivity index (χ0) is 16.9. The molecule has 0 saturated heterocycles. The van der Waals surface area contributed by atoms with Crippen molar-refractivity contribution in [2.24, 2.45) is 10.4 Å². The van der Waals surface area contributed by atoms with Crippen LogP contribution < -0.4 is 10.6 Å². The fraction of sp³-hybridized carbons (Fsp3) is 0.556. The van der Waals surface area contributed by atoms with Gasteiger partial charge in [0, 0.05) is 26.7 Å².